The van der Waals surface area contributed by atoms with E-state index in [1.54, 1.807) is 12.1 Å². The second-order valence-electron chi connectivity index (χ2n) is 6.45. The van der Waals surface area contributed by atoms with Gasteiger partial charge in [0.05, 0.1) is 0 Å². The van der Waals surface area contributed by atoms with Crippen LogP contribution in [0.1, 0.15) is 18.4 Å². The Morgan fingerprint density at radius 2 is 1.88 bits per heavy atom. The van der Waals surface area contributed by atoms with Gasteiger partial charge in [-0.2, -0.15) is 0 Å². The highest BCUT2D eigenvalue weighted by Gasteiger charge is 2.22. The van der Waals surface area contributed by atoms with Gasteiger partial charge in [0, 0.05) is 40.9 Å². The molecule has 1 aliphatic rings. The number of rotatable bonds is 4. The predicted octanol–water partition coefficient (Wildman–Crippen LogP) is 4.07. The van der Waals surface area contributed by atoms with E-state index < -0.39 is 0 Å². The molecule has 0 atom stereocenters. The van der Waals surface area contributed by atoms with Crippen LogP contribution in [-0.2, 0) is 6.54 Å². The molecular formula is C20H22FN3. The van der Waals surface area contributed by atoms with Gasteiger partial charge < -0.3 is 15.2 Å². The van der Waals surface area contributed by atoms with Gasteiger partial charge in [0.2, 0.25) is 0 Å². The lowest BCUT2D eigenvalue weighted by atomic mass is 10.0. The highest BCUT2D eigenvalue weighted by atomic mass is 19.1. The Kier molecular flexibility index (Phi) is 4.22. The molecule has 124 valence electrons. The summed E-state index contributed by atoms with van der Waals surface area (Å²) in [5.74, 6) is -0.126. The highest BCUT2D eigenvalue weighted by Crippen LogP contribution is 2.28. The van der Waals surface area contributed by atoms with Crippen molar-refractivity contribution < 1.29 is 4.39 Å². The monoisotopic (exact) mass is 323 g/mol. The van der Waals surface area contributed by atoms with Crippen LogP contribution in [0.25, 0.3) is 10.9 Å². The summed E-state index contributed by atoms with van der Waals surface area (Å²) < 4.78 is 14.2. The summed E-state index contributed by atoms with van der Waals surface area (Å²) in [7, 11) is 0. The molecule has 0 unspecified atom stereocenters. The lowest BCUT2D eigenvalue weighted by molar-refractivity contribution is 0.426. The van der Waals surface area contributed by atoms with Crippen molar-refractivity contribution in [3.63, 3.8) is 0 Å². The minimum Gasteiger partial charge on any atom is -0.364 e. The molecule has 0 saturated carbocycles. The molecule has 2 heterocycles. The maximum atomic E-state index is 14.2. The number of H-pyrrole nitrogens is 1. The third kappa shape index (κ3) is 3.02. The summed E-state index contributed by atoms with van der Waals surface area (Å²) in [5.41, 5.74) is 3.05. The third-order valence-electron chi connectivity index (χ3n) is 4.92. The number of fused-ring (bicyclic) bond motifs is 1. The molecule has 2 N–H and O–H groups in total. The van der Waals surface area contributed by atoms with Gasteiger partial charge in [-0.3, -0.25) is 0 Å². The van der Waals surface area contributed by atoms with Crippen molar-refractivity contribution in [2.75, 3.05) is 18.0 Å². The summed E-state index contributed by atoms with van der Waals surface area (Å²) >= 11 is 0. The topological polar surface area (TPSA) is 31.1 Å². The fourth-order valence-electron chi connectivity index (χ4n) is 3.58. The first kappa shape index (κ1) is 15.2. The van der Waals surface area contributed by atoms with Crippen molar-refractivity contribution in [1.82, 2.24) is 10.3 Å². The lowest BCUT2D eigenvalue weighted by Crippen LogP contribution is -2.43. The van der Waals surface area contributed by atoms with Gasteiger partial charge in [0.1, 0.15) is 5.82 Å². The molecule has 4 rings (SSSR count). The zero-order valence-corrected chi connectivity index (χ0v) is 13.6. The van der Waals surface area contributed by atoms with Crippen LogP contribution in [0.4, 0.5) is 10.1 Å². The molecule has 0 radical (unpaired) electrons. The van der Waals surface area contributed by atoms with E-state index in [-0.39, 0.29) is 5.82 Å². The quantitative estimate of drug-likeness (QED) is 0.758. The van der Waals surface area contributed by atoms with Crippen molar-refractivity contribution >= 4 is 16.6 Å². The fourth-order valence-corrected chi connectivity index (χ4v) is 3.58. The molecule has 0 spiro atoms. The second kappa shape index (κ2) is 6.65. The first-order valence-electron chi connectivity index (χ1n) is 8.59. The number of piperidine rings is 1. The number of nitrogens with zero attached hydrogens (tertiary/aromatic N) is 1. The molecule has 0 amide bonds. The summed E-state index contributed by atoms with van der Waals surface area (Å²) in [6, 6.07) is 16.1. The van der Waals surface area contributed by atoms with Crippen molar-refractivity contribution in [3.05, 3.63) is 66.1 Å². The van der Waals surface area contributed by atoms with Gasteiger partial charge in [0.15, 0.2) is 0 Å². The first-order chi connectivity index (χ1) is 11.8. The number of aromatic nitrogens is 1. The highest BCUT2D eigenvalue weighted by molar-refractivity contribution is 5.83. The first-order valence-corrected chi connectivity index (χ1v) is 8.59. The SMILES string of the molecule is Fc1ccccc1CN(c1ccc2[nH]ccc2c1)C1CCNCC1. The van der Waals surface area contributed by atoms with E-state index in [2.05, 4.69) is 39.5 Å². The maximum Gasteiger partial charge on any atom is 0.128 e. The average molecular weight is 323 g/mol. The van der Waals surface area contributed by atoms with Crippen molar-refractivity contribution in [2.45, 2.75) is 25.4 Å². The summed E-state index contributed by atoms with van der Waals surface area (Å²) in [6.07, 6.45) is 4.12. The molecule has 24 heavy (non-hydrogen) atoms. The zero-order chi connectivity index (χ0) is 16.4. The summed E-state index contributed by atoms with van der Waals surface area (Å²) in [5, 5.41) is 4.61. The van der Waals surface area contributed by atoms with E-state index in [4.69, 9.17) is 0 Å². The Bertz CT molecular complexity index is 820. The van der Waals surface area contributed by atoms with Gasteiger partial charge in [-0.25, -0.2) is 4.39 Å². The largest absolute Gasteiger partial charge is 0.364 e. The van der Waals surface area contributed by atoms with Crippen LogP contribution in [0.2, 0.25) is 0 Å². The van der Waals surface area contributed by atoms with Crippen molar-refractivity contribution in [3.8, 4) is 0 Å². The van der Waals surface area contributed by atoms with Crippen LogP contribution < -0.4 is 10.2 Å². The van der Waals surface area contributed by atoms with Gasteiger partial charge in [-0.05, 0) is 56.3 Å². The van der Waals surface area contributed by atoms with Crippen molar-refractivity contribution in [1.29, 1.82) is 0 Å². The molecule has 1 saturated heterocycles. The lowest BCUT2D eigenvalue weighted by Gasteiger charge is -2.36. The summed E-state index contributed by atoms with van der Waals surface area (Å²) in [6.45, 7) is 2.64. The molecule has 2 aromatic carbocycles. The van der Waals surface area contributed by atoms with Crippen LogP contribution in [0.3, 0.4) is 0 Å². The summed E-state index contributed by atoms with van der Waals surface area (Å²) in [4.78, 5) is 5.60. The Labute approximate surface area is 141 Å². The number of benzene rings is 2. The van der Waals surface area contributed by atoms with Gasteiger partial charge in [0.25, 0.3) is 0 Å². The Morgan fingerprint density at radius 1 is 1.04 bits per heavy atom. The van der Waals surface area contributed by atoms with Crippen LogP contribution >= 0.6 is 0 Å². The van der Waals surface area contributed by atoms with Crippen molar-refractivity contribution in [2.24, 2.45) is 0 Å². The van der Waals surface area contributed by atoms with E-state index in [9.17, 15) is 4.39 Å². The zero-order valence-electron chi connectivity index (χ0n) is 13.6. The Balaban J connectivity index is 1.70. The van der Waals surface area contributed by atoms with Gasteiger partial charge in [-0.15, -0.1) is 0 Å². The number of hydrogen-bond donors (Lipinski definition) is 2. The van der Waals surface area contributed by atoms with E-state index in [0.717, 1.165) is 42.7 Å². The molecule has 1 aromatic heterocycles. The molecule has 3 aromatic rings. The average Bonchev–Trinajstić information content (AvgIpc) is 3.09. The van der Waals surface area contributed by atoms with Crippen LogP contribution in [0.5, 0.6) is 0 Å². The normalized spacial score (nSPS) is 15.7. The van der Waals surface area contributed by atoms with E-state index in [1.165, 1.54) is 5.39 Å². The molecule has 3 nitrogen and oxygen atoms in total. The predicted molar refractivity (Wildman–Crippen MR) is 96.8 cm³/mol. The standard InChI is InChI=1S/C20H22FN3/c21-19-4-2-1-3-16(19)14-24(17-8-10-22-11-9-17)18-5-6-20-15(13-18)7-12-23-20/h1-7,12-13,17,22-23H,8-11,14H2. The third-order valence-corrected chi connectivity index (χ3v) is 4.92. The number of hydrogen-bond acceptors (Lipinski definition) is 2. The molecule has 0 bridgehead atoms. The maximum absolute atomic E-state index is 14.2. The van der Waals surface area contributed by atoms with Crippen LogP contribution in [0, 0.1) is 5.82 Å². The fraction of sp³-hybridized carbons (Fsp3) is 0.300. The second-order valence-corrected chi connectivity index (χ2v) is 6.45. The molecular weight excluding hydrogens is 301 g/mol. The molecule has 1 aliphatic heterocycles. The Morgan fingerprint density at radius 3 is 2.71 bits per heavy atom. The number of aromatic amines is 1. The minimum atomic E-state index is -0.126. The number of nitrogens with one attached hydrogen (secondary N) is 2. The van der Waals surface area contributed by atoms with E-state index in [0.29, 0.717) is 12.6 Å². The van der Waals surface area contributed by atoms with E-state index in [1.807, 2.05) is 18.3 Å². The van der Waals surface area contributed by atoms with Crippen LogP contribution in [0.15, 0.2) is 54.7 Å². The smallest absolute Gasteiger partial charge is 0.128 e. The molecule has 1 fully saturated rings. The van der Waals surface area contributed by atoms with E-state index >= 15 is 0 Å². The van der Waals surface area contributed by atoms with Crippen LogP contribution in [-0.4, -0.2) is 24.1 Å². The van der Waals surface area contributed by atoms with Gasteiger partial charge in [-0.1, -0.05) is 18.2 Å². The number of halogens is 1. The minimum absolute atomic E-state index is 0.126. The number of anilines is 1. The van der Waals surface area contributed by atoms with Gasteiger partial charge >= 0.3 is 0 Å². The Hall–Kier alpha value is -2.33. The molecule has 4 heteroatoms. The molecule has 0 aliphatic carbocycles.